The summed E-state index contributed by atoms with van der Waals surface area (Å²) in [6.07, 6.45) is 4.81. The fraction of sp³-hybridized carbons (Fsp3) is 0.421. The van der Waals surface area contributed by atoms with Crippen molar-refractivity contribution in [3.63, 3.8) is 0 Å². The van der Waals surface area contributed by atoms with E-state index in [0.29, 0.717) is 17.9 Å². The number of amides is 1. The highest BCUT2D eigenvalue weighted by molar-refractivity contribution is 5.94. The summed E-state index contributed by atoms with van der Waals surface area (Å²) in [5.74, 6) is -1.03. The van der Waals surface area contributed by atoms with Gasteiger partial charge in [-0.3, -0.25) is 14.2 Å². The molecule has 1 fully saturated rings. The first-order chi connectivity index (χ1) is 12.5. The monoisotopic (exact) mass is 357 g/mol. The average molecular weight is 357 g/mol. The van der Waals surface area contributed by atoms with Crippen LogP contribution in [-0.4, -0.2) is 20.6 Å². The minimum Gasteiger partial charge on any atom is -0.501 e. The van der Waals surface area contributed by atoms with Crippen LogP contribution in [0.25, 0.3) is 0 Å². The van der Waals surface area contributed by atoms with E-state index in [1.165, 1.54) is 16.7 Å². The van der Waals surface area contributed by atoms with Gasteiger partial charge in [0.15, 0.2) is 5.69 Å². The van der Waals surface area contributed by atoms with Gasteiger partial charge in [0.25, 0.3) is 11.5 Å². The van der Waals surface area contributed by atoms with E-state index in [-0.39, 0.29) is 17.7 Å². The molecule has 2 aliphatic rings. The number of hydrogen-bond donors (Lipinski definition) is 2. The van der Waals surface area contributed by atoms with Crippen LogP contribution in [0.1, 0.15) is 54.0 Å². The molecule has 7 heteroatoms. The van der Waals surface area contributed by atoms with Crippen LogP contribution < -0.4 is 10.9 Å². The number of nitrogens with one attached hydrogen (secondary N) is 1. The van der Waals surface area contributed by atoms with E-state index in [4.69, 9.17) is 0 Å². The van der Waals surface area contributed by atoms with Crippen molar-refractivity contribution in [2.75, 3.05) is 0 Å². The summed E-state index contributed by atoms with van der Waals surface area (Å²) in [5, 5.41) is 12.8. The Morgan fingerprint density at radius 1 is 1.31 bits per heavy atom. The highest BCUT2D eigenvalue weighted by Gasteiger charge is 2.44. The summed E-state index contributed by atoms with van der Waals surface area (Å²) in [4.78, 5) is 29.4. The number of aromatic nitrogens is 2. The predicted octanol–water partition coefficient (Wildman–Crippen LogP) is 2.23. The third kappa shape index (κ3) is 2.67. The van der Waals surface area contributed by atoms with Crippen LogP contribution in [0.2, 0.25) is 0 Å². The minimum atomic E-state index is -0.632. The van der Waals surface area contributed by atoms with Gasteiger partial charge in [0, 0.05) is 18.5 Å². The van der Waals surface area contributed by atoms with E-state index < -0.39 is 23.0 Å². The second-order valence-electron chi connectivity index (χ2n) is 7.14. The molecule has 1 aromatic heterocycles. The molecule has 1 aliphatic carbocycles. The predicted molar refractivity (Wildman–Crippen MR) is 92.5 cm³/mol. The number of carbonyl (C=O) groups excluding carboxylic acids is 1. The quantitative estimate of drug-likeness (QED) is 0.882. The Kier molecular flexibility index (Phi) is 4.01. The summed E-state index contributed by atoms with van der Waals surface area (Å²) >= 11 is 0. The maximum atomic E-state index is 13.2. The molecule has 2 heterocycles. The number of halogens is 1. The van der Waals surface area contributed by atoms with Gasteiger partial charge in [-0.15, -0.1) is 0 Å². The van der Waals surface area contributed by atoms with E-state index in [1.54, 1.807) is 12.1 Å². The Hall–Kier alpha value is -2.70. The van der Waals surface area contributed by atoms with Crippen LogP contribution in [0.3, 0.4) is 0 Å². The summed E-state index contributed by atoms with van der Waals surface area (Å²) in [5.41, 5.74) is -0.353. The molecule has 0 unspecified atom stereocenters. The number of nitrogens with zero attached hydrogens (tertiary/aromatic N) is 2. The van der Waals surface area contributed by atoms with Gasteiger partial charge in [-0.25, -0.2) is 9.37 Å². The Balaban J connectivity index is 1.64. The van der Waals surface area contributed by atoms with Gasteiger partial charge in [0.1, 0.15) is 11.6 Å². The van der Waals surface area contributed by atoms with Crippen molar-refractivity contribution >= 4 is 5.91 Å². The highest BCUT2D eigenvalue weighted by atomic mass is 19.1. The fourth-order valence-corrected chi connectivity index (χ4v) is 3.99. The minimum absolute atomic E-state index is 0.0846. The molecule has 1 saturated carbocycles. The van der Waals surface area contributed by atoms with E-state index in [9.17, 15) is 19.1 Å². The Bertz CT molecular complexity index is 934. The van der Waals surface area contributed by atoms with Crippen molar-refractivity contribution in [2.24, 2.45) is 0 Å². The van der Waals surface area contributed by atoms with Gasteiger partial charge < -0.3 is 10.4 Å². The molecule has 1 aromatic carbocycles. The van der Waals surface area contributed by atoms with Crippen LogP contribution >= 0.6 is 0 Å². The standard InChI is InChI=1S/C19H20FN3O3/c20-13-5-1-4-12(10-13)11-21-16(25)14-15(24)17(26)23-9-3-8-19(6-2-7-19)18(23)22-14/h1,4-5,10,24H,2-3,6-9,11H2,(H,21,25). The topological polar surface area (TPSA) is 84.2 Å². The van der Waals surface area contributed by atoms with Crippen molar-refractivity contribution in [3.05, 3.63) is 57.5 Å². The molecule has 1 amide bonds. The molecule has 2 aromatic rings. The van der Waals surface area contributed by atoms with E-state index in [1.807, 2.05) is 0 Å². The number of aromatic hydroxyl groups is 1. The molecule has 1 aliphatic heterocycles. The number of carbonyl (C=O) groups is 1. The van der Waals surface area contributed by atoms with Crippen molar-refractivity contribution < 1.29 is 14.3 Å². The summed E-state index contributed by atoms with van der Waals surface area (Å²) in [6.45, 7) is 0.600. The van der Waals surface area contributed by atoms with Gasteiger partial charge in [0.05, 0.1) is 0 Å². The van der Waals surface area contributed by atoms with E-state index >= 15 is 0 Å². The van der Waals surface area contributed by atoms with Crippen LogP contribution in [0.4, 0.5) is 4.39 Å². The van der Waals surface area contributed by atoms with Gasteiger partial charge in [-0.05, 0) is 43.4 Å². The molecule has 6 nitrogen and oxygen atoms in total. The lowest BCUT2D eigenvalue weighted by molar-refractivity contribution is 0.0938. The van der Waals surface area contributed by atoms with Gasteiger partial charge in [-0.1, -0.05) is 18.6 Å². The second-order valence-corrected chi connectivity index (χ2v) is 7.14. The molecule has 1 spiro atoms. The van der Waals surface area contributed by atoms with Crippen molar-refractivity contribution in [3.8, 4) is 5.75 Å². The van der Waals surface area contributed by atoms with Gasteiger partial charge >= 0.3 is 0 Å². The first-order valence-electron chi connectivity index (χ1n) is 8.87. The molecular weight excluding hydrogens is 337 g/mol. The molecule has 4 rings (SSSR count). The van der Waals surface area contributed by atoms with Crippen molar-refractivity contribution in [1.82, 2.24) is 14.9 Å². The van der Waals surface area contributed by atoms with Crippen LogP contribution in [0, 0.1) is 5.82 Å². The lowest BCUT2D eigenvalue weighted by Gasteiger charge is -2.45. The number of fused-ring (bicyclic) bond motifs is 2. The summed E-state index contributed by atoms with van der Waals surface area (Å²) in [6, 6.07) is 5.87. The van der Waals surface area contributed by atoms with E-state index in [0.717, 1.165) is 32.1 Å². The largest absolute Gasteiger partial charge is 0.501 e. The van der Waals surface area contributed by atoms with Gasteiger partial charge in [-0.2, -0.15) is 0 Å². The molecule has 0 saturated heterocycles. The molecule has 136 valence electrons. The van der Waals surface area contributed by atoms with Crippen LogP contribution in [-0.2, 0) is 18.5 Å². The van der Waals surface area contributed by atoms with Crippen molar-refractivity contribution in [2.45, 2.75) is 50.6 Å². The first kappa shape index (κ1) is 16.8. The molecule has 2 N–H and O–H groups in total. The first-order valence-corrected chi connectivity index (χ1v) is 8.87. The summed E-state index contributed by atoms with van der Waals surface area (Å²) in [7, 11) is 0. The maximum Gasteiger partial charge on any atom is 0.296 e. The normalized spacial score (nSPS) is 17.4. The average Bonchev–Trinajstić information content (AvgIpc) is 2.61. The van der Waals surface area contributed by atoms with Crippen LogP contribution in [0.5, 0.6) is 5.75 Å². The zero-order valence-corrected chi connectivity index (χ0v) is 14.3. The molecule has 0 radical (unpaired) electrons. The third-order valence-electron chi connectivity index (χ3n) is 5.52. The lowest BCUT2D eigenvalue weighted by Crippen LogP contribution is -2.45. The molecule has 26 heavy (non-hydrogen) atoms. The maximum absolute atomic E-state index is 13.2. The molecular formula is C19H20FN3O3. The number of benzene rings is 1. The Labute approximate surface area is 149 Å². The second kappa shape index (κ2) is 6.23. The Morgan fingerprint density at radius 3 is 2.77 bits per heavy atom. The lowest BCUT2D eigenvalue weighted by atomic mass is 9.64. The molecule has 0 bridgehead atoms. The van der Waals surface area contributed by atoms with Crippen molar-refractivity contribution in [1.29, 1.82) is 0 Å². The zero-order valence-electron chi connectivity index (χ0n) is 14.3. The van der Waals surface area contributed by atoms with Crippen LogP contribution in [0.15, 0.2) is 29.1 Å². The highest BCUT2D eigenvalue weighted by Crippen LogP contribution is 2.48. The third-order valence-corrected chi connectivity index (χ3v) is 5.52. The smallest absolute Gasteiger partial charge is 0.296 e. The molecule has 0 atom stereocenters. The fourth-order valence-electron chi connectivity index (χ4n) is 3.99. The number of rotatable bonds is 3. The SMILES string of the molecule is O=C(NCc1cccc(F)c1)c1nc2n(c(=O)c1O)CCCC21CCC1. The van der Waals surface area contributed by atoms with E-state index in [2.05, 4.69) is 10.3 Å². The van der Waals surface area contributed by atoms with Gasteiger partial charge in [0.2, 0.25) is 5.75 Å². The Morgan fingerprint density at radius 2 is 2.08 bits per heavy atom. The summed E-state index contributed by atoms with van der Waals surface area (Å²) < 4.78 is 14.8. The zero-order chi connectivity index (χ0) is 18.3. The number of hydrogen-bond acceptors (Lipinski definition) is 4.